The van der Waals surface area contributed by atoms with Gasteiger partial charge in [-0.15, -0.1) is 0 Å². The third-order valence-electron chi connectivity index (χ3n) is 5.09. The van der Waals surface area contributed by atoms with Crippen molar-refractivity contribution in [2.24, 2.45) is 0 Å². The molecule has 0 bridgehead atoms. The monoisotopic (exact) mass is 455 g/mol. The summed E-state index contributed by atoms with van der Waals surface area (Å²) in [7, 11) is 0. The van der Waals surface area contributed by atoms with E-state index in [-0.39, 0.29) is 5.91 Å². The molecular weight excluding hydrogens is 434 g/mol. The Kier molecular flexibility index (Phi) is 5.87. The molecular formula is C26H21N3O3S. The van der Waals surface area contributed by atoms with Gasteiger partial charge in [0.25, 0.3) is 0 Å². The maximum absolute atomic E-state index is 13.6. The van der Waals surface area contributed by atoms with Gasteiger partial charge in [-0.1, -0.05) is 48.2 Å². The maximum atomic E-state index is 13.6. The molecule has 0 aliphatic heterocycles. The standard InChI is InChI=1S/C26H21N3O3S/c1-18(25(30)29(19-10-4-2-5-11-19)20-12-6-3-7-13-20)33-26-27-23(21-14-8-16-31-21)24(28-26)22-15-9-17-32-22/h2-18H,1H3,(H,27,28). The van der Waals surface area contributed by atoms with Crippen molar-refractivity contribution in [3.05, 3.63) is 97.5 Å². The first-order valence-corrected chi connectivity index (χ1v) is 11.4. The van der Waals surface area contributed by atoms with Crippen LogP contribution < -0.4 is 4.90 Å². The van der Waals surface area contributed by atoms with Crippen LogP contribution >= 0.6 is 11.8 Å². The van der Waals surface area contributed by atoms with Gasteiger partial charge in [-0.25, -0.2) is 4.98 Å². The largest absolute Gasteiger partial charge is 0.463 e. The van der Waals surface area contributed by atoms with Crippen LogP contribution in [0.4, 0.5) is 11.4 Å². The number of thioether (sulfide) groups is 1. The number of aromatic nitrogens is 2. The number of carbonyl (C=O) groups is 1. The normalized spacial score (nSPS) is 11.9. The van der Waals surface area contributed by atoms with Crippen molar-refractivity contribution in [1.29, 1.82) is 0 Å². The van der Waals surface area contributed by atoms with E-state index in [1.54, 1.807) is 17.4 Å². The van der Waals surface area contributed by atoms with E-state index in [0.717, 1.165) is 11.4 Å². The second-order valence-electron chi connectivity index (χ2n) is 7.32. The highest BCUT2D eigenvalue weighted by atomic mass is 32.2. The van der Waals surface area contributed by atoms with Crippen LogP contribution in [0.5, 0.6) is 0 Å². The molecule has 0 fully saturated rings. The fourth-order valence-corrected chi connectivity index (χ4v) is 4.40. The minimum absolute atomic E-state index is 0.0482. The van der Waals surface area contributed by atoms with Gasteiger partial charge in [-0.05, 0) is 55.5 Å². The lowest BCUT2D eigenvalue weighted by Gasteiger charge is -2.25. The Morgan fingerprint density at radius 2 is 1.42 bits per heavy atom. The number of carbonyl (C=O) groups excluding carboxylic acids is 1. The molecule has 0 radical (unpaired) electrons. The van der Waals surface area contributed by atoms with Crippen LogP contribution in [0.3, 0.4) is 0 Å². The fraction of sp³-hybridized carbons (Fsp3) is 0.0769. The molecule has 6 nitrogen and oxygen atoms in total. The molecule has 0 saturated carbocycles. The smallest absolute Gasteiger partial charge is 0.244 e. The first-order valence-electron chi connectivity index (χ1n) is 10.5. The first kappa shape index (κ1) is 20.9. The zero-order valence-electron chi connectivity index (χ0n) is 17.8. The SMILES string of the molecule is CC(Sc1nc(-c2ccco2)c(-c2ccco2)[nH]1)C(=O)N(c1ccccc1)c1ccccc1. The first-order chi connectivity index (χ1) is 16.2. The number of hydrogen-bond donors (Lipinski definition) is 1. The summed E-state index contributed by atoms with van der Waals surface area (Å²) in [5.74, 6) is 1.22. The number of anilines is 2. The van der Waals surface area contributed by atoms with E-state index in [4.69, 9.17) is 13.8 Å². The van der Waals surface area contributed by atoms with Crippen LogP contribution in [0.15, 0.2) is 111 Å². The molecule has 0 aliphatic carbocycles. The number of furan rings is 2. The third-order valence-corrected chi connectivity index (χ3v) is 6.06. The summed E-state index contributed by atoms with van der Waals surface area (Å²) in [6, 6.07) is 26.6. The van der Waals surface area contributed by atoms with Gasteiger partial charge < -0.3 is 13.8 Å². The predicted molar refractivity (Wildman–Crippen MR) is 129 cm³/mol. The number of nitrogens with one attached hydrogen (secondary N) is 1. The average Bonchev–Trinajstić information content (AvgIpc) is 3.62. The highest BCUT2D eigenvalue weighted by Gasteiger charge is 2.27. The number of benzene rings is 2. The van der Waals surface area contributed by atoms with Crippen LogP contribution in [0.2, 0.25) is 0 Å². The zero-order chi connectivity index (χ0) is 22.6. The molecule has 1 unspecified atom stereocenters. The lowest BCUT2D eigenvalue weighted by atomic mass is 10.2. The Morgan fingerprint density at radius 1 is 0.848 bits per heavy atom. The Labute approximate surface area is 195 Å². The summed E-state index contributed by atoms with van der Waals surface area (Å²) < 4.78 is 11.1. The summed E-state index contributed by atoms with van der Waals surface area (Å²) in [5, 5.41) is 0.195. The van der Waals surface area contributed by atoms with Gasteiger partial charge in [-0.3, -0.25) is 9.69 Å². The van der Waals surface area contributed by atoms with Gasteiger partial charge in [-0.2, -0.15) is 0 Å². The highest BCUT2D eigenvalue weighted by molar-refractivity contribution is 8.00. The molecule has 5 rings (SSSR count). The van der Waals surface area contributed by atoms with Gasteiger partial charge in [0.05, 0.1) is 17.8 Å². The number of aromatic amines is 1. The number of H-pyrrole nitrogens is 1. The summed E-state index contributed by atoms with van der Waals surface area (Å²) in [4.78, 5) is 23.4. The Morgan fingerprint density at radius 3 is 1.97 bits per heavy atom. The molecule has 1 amide bonds. The van der Waals surface area contributed by atoms with E-state index in [1.807, 2.05) is 91.9 Å². The topological polar surface area (TPSA) is 75.3 Å². The van der Waals surface area contributed by atoms with Gasteiger partial charge in [0.15, 0.2) is 16.7 Å². The summed E-state index contributed by atoms with van der Waals surface area (Å²) in [6.45, 7) is 1.88. The second kappa shape index (κ2) is 9.26. The van der Waals surface area contributed by atoms with Crippen LogP contribution in [0, 0.1) is 0 Å². The Hall–Kier alpha value is -3.97. The maximum Gasteiger partial charge on any atom is 0.244 e. The molecule has 0 spiro atoms. The molecule has 164 valence electrons. The van der Waals surface area contributed by atoms with Crippen molar-refractivity contribution in [3.8, 4) is 22.9 Å². The van der Waals surface area contributed by atoms with Crippen LogP contribution in [-0.2, 0) is 4.79 Å². The quantitative estimate of drug-likeness (QED) is 0.274. The fourth-order valence-electron chi connectivity index (χ4n) is 3.56. The van der Waals surface area contributed by atoms with Crippen molar-refractivity contribution in [2.75, 3.05) is 4.90 Å². The van der Waals surface area contributed by atoms with E-state index >= 15 is 0 Å². The van der Waals surface area contributed by atoms with Gasteiger partial charge >= 0.3 is 0 Å². The van der Waals surface area contributed by atoms with Crippen LogP contribution in [0.25, 0.3) is 22.9 Å². The van der Waals surface area contributed by atoms with Gasteiger partial charge in [0.1, 0.15) is 11.4 Å². The molecule has 33 heavy (non-hydrogen) atoms. The van der Waals surface area contributed by atoms with Gasteiger partial charge in [0, 0.05) is 11.4 Å². The van der Waals surface area contributed by atoms with E-state index in [9.17, 15) is 4.79 Å². The van der Waals surface area contributed by atoms with E-state index in [0.29, 0.717) is 28.1 Å². The molecule has 1 atom stereocenters. The molecule has 2 aromatic carbocycles. The lowest BCUT2D eigenvalue weighted by Crippen LogP contribution is -2.32. The van der Waals surface area contributed by atoms with Crippen molar-refractivity contribution in [1.82, 2.24) is 9.97 Å². The highest BCUT2D eigenvalue weighted by Crippen LogP contribution is 2.35. The molecule has 1 N–H and O–H groups in total. The summed E-state index contributed by atoms with van der Waals surface area (Å²) in [5.41, 5.74) is 2.97. The molecule has 3 aromatic heterocycles. The van der Waals surface area contributed by atoms with Crippen molar-refractivity contribution in [3.63, 3.8) is 0 Å². The number of imidazole rings is 1. The Balaban J connectivity index is 1.46. The minimum Gasteiger partial charge on any atom is -0.463 e. The third kappa shape index (κ3) is 4.36. The van der Waals surface area contributed by atoms with Crippen LogP contribution in [0.1, 0.15) is 6.92 Å². The van der Waals surface area contributed by atoms with E-state index in [2.05, 4.69) is 4.98 Å². The number of para-hydroxylation sites is 2. The number of rotatable bonds is 7. The Bertz CT molecular complexity index is 1220. The number of nitrogens with zero attached hydrogens (tertiary/aromatic N) is 2. The zero-order valence-corrected chi connectivity index (χ0v) is 18.7. The van der Waals surface area contributed by atoms with Crippen molar-refractivity contribution in [2.45, 2.75) is 17.3 Å². The summed E-state index contributed by atoms with van der Waals surface area (Å²) in [6.07, 6.45) is 3.21. The van der Waals surface area contributed by atoms with E-state index < -0.39 is 5.25 Å². The predicted octanol–water partition coefficient (Wildman–Crippen LogP) is 6.78. The number of hydrogen-bond acceptors (Lipinski definition) is 5. The molecule has 5 aromatic rings. The van der Waals surface area contributed by atoms with Crippen molar-refractivity contribution < 1.29 is 13.6 Å². The molecule has 0 saturated heterocycles. The summed E-state index contributed by atoms with van der Waals surface area (Å²) >= 11 is 1.36. The number of amides is 1. The minimum atomic E-state index is -0.412. The van der Waals surface area contributed by atoms with E-state index in [1.165, 1.54) is 11.8 Å². The average molecular weight is 456 g/mol. The molecule has 3 heterocycles. The second-order valence-corrected chi connectivity index (χ2v) is 8.65. The van der Waals surface area contributed by atoms with Crippen molar-refractivity contribution >= 4 is 29.0 Å². The van der Waals surface area contributed by atoms with Gasteiger partial charge in [0.2, 0.25) is 5.91 Å². The molecule has 0 aliphatic rings. The lowest BCUT2D eigenvalue weighted by molar-refractivity contribution is -0.117. The van der Waals surface area contributed by atoms with Crippen LogP contribution in [-0.4, -0.2) is 21.1 Å². The molecule has 7 heteroatoms.